The van der Waals surface area contributed by atoms with E-state index in [1.54, 1.807) is 0 Å². The fourth-order valence-corrected chi connectivity index (χ4v) is 1.90. The van der Waals surface area contributed by atoms with E-state index in [0.717, 1.165) is 16.5 Å². The summed E-state index contributed by atoms with van der Waals surface area (Å²) in [7, 11) is 0. The largest absolute Gasteiger partial charge is 0.458 e. The van der Waals surface area contributed by atoms with E-state index < -0.39 is 6.10 Å². The van der Waals surface area contributed by atoms with Crippen LogP contribution in [0.25, 0.3) is 11.0 Å². The van der Waals surface area contributed by atoms with Gasteiger partial charge in [0.25, 0.3) is 0 Å². The third kappa shape index (κ3) is 1.77. The van der Waals surface area contributed by atoms with Crippen LogP contribution >= 0.6 is 0 Å². The van der Waals surface area contributed by atoms with Gasteiger partial charge in [0.05, 0.1) is 0 Å². The number of furan rings is 1. The highest BCUT2D eigenvalue weighted by Crippen LogP contribution is 2.28. The van der Waals surface area contributed by atoms with Gasteiger partial charge in [-0.3, -0.25) is 0 Å². The molecule has 0 spiro atoms. The molecule has 2 aromatic rings. The van der Waals surface area contributed by atoms with Crippen molar-refractivity contribution in [3.8, 4) is 0 Å². The average Bonchev–Trinajstić information content (AvgIpc) is 2.60. The summed E-state index contributed by atoms with van der Waals surface area (Å²) in [4.78, 5) is 0. The Morgan fingerprint density at radius 2 is 2.00 bits per heavy atom. The third-order valence-electron chi connectivity index (χ3n) is 2.68. The van der Waals surface area contributed by atoms with Crippen molar-refractivity contribution in [1.29, 1.82) is 0 Å². The van der Waals surface area contributed by atoms with Crippen LogP contribution in [0.4, 0.5) is 0 Å². The molecule has 0 saturated heterocycles. The molecule has 0 aliphatic carbocycles. The zero-order valence-corrected chi connectivity index (χ0v) is 9.37. The molecule has 1 aromatic carbocycles. The number of hydrogen-bond donors (Lipinski definition) is 1. The van der Waals surface area contributed by atoms with E-state index in [0.29, 0.717) is 12.2 Å². The third-order valence-corrected chi connectivity index (χ3v) is 2.68. The van der Waals surface area contributed by atoms with Gasteiger partial charge < -0.3 is 9.52 Å². The van der Waals surface area contributed by atoms with Crippen molar-refractivity contribution in [3.05, 3.63) is 35.1 Å². The first-order chi connectivity index (χ1) is 7.11. The van der Waals surface area contributed by atoms with Gasteiger partial charge in [-0.15, -0.1) is 0 Å². The molecule has 0 aliphatic rings. The van der Waals surface area contributed by atoms with Gasteiger partial charge in [0.1, 0.15) is 17.4 Å². The fourth-order valence-electron chi connectivity index (χ4n) is 1.90. The zero-order chi connectivity index (χ0) is 11.0. The molecule has 2 nitrogen and oxygen atoms in total. The molecule has 1 atom stereocenters. The second-order valence-corrected chi connectivity index (χ2v) is 4.07. The number of aryl methyl sites for hydroxylation is 2. The number of rotatable bonds is 2. The Bertz CT molecular complexity index is 482. The molecule has 2 heteroatoms. The molecule has 15 heavy (non-hydrogen) atoms. The number of aliphatic hydroxyl groups is 1. The van der Waals surface area contributed by atoms with Gasteiger partial charge in [0.15, 0.2) is 0 Å². The molecule has 0 aliphatic heterocycles. The maximum absolute atomic E-state index is 9.70. The van der Waals surface area contributed by atoms with Gasteiger partial charge in [-0.25, -0.2) is 0 Å². The Balaban J connectivity index is 2.60. The molecular weight excluding hydrogens is 188 g/mol. The highest BCUT2D eigenvalue weighted by Gasteiger charge is 2.12. The summed E-state index contributed by atoms with van der Waals surface area (Å²) in [5.74, 6) is 0.668. The van der Waals surface area contributed by atoms with Crippen LogP contribution in [0.3, 0.4) is 0 Å². The first-order valence-electron chi connectivity index (χ1n) is 5.30. The quantitative estimate of drug-likeness (QED) is 0.812. The molecule has 0 fully saturated rings. The van der Waals surface area contributed by atoms with Crippen LogP contribution in [0.2, 0.25) is 0 Å². The predicted octanol–water partition coefficient (Wildman–Crippen LogP) is 3.49. The molecule has 0 bridgehead atoms. The average molecular weight is 204 g/mol. The molecule has 0 radical (unpaired) electrons. The van der Waals surface area contributed by atoms with Gasteiger partial charge in [-0.1, -0.05) is 18.6 Å². The minimum absolute atomic E-state index is 0.489. The number of hydrogen-bond acceptors (Lipinski definition) is 2. The van der Waals surface area contributed by atoms with Crippen LogP contribution in [-0.4, -0.2) is 5.11 Å². The van der Waals surface area contributed by atoms with Crippen LogP contribution in [-0.2, 0) is 0 Å². The number of aliphatic hydroxyl groups excluding tert-OH is 1. The number of benzene rings is 1. The van der Waals surface area contributed by atoms with E-state index in [9.17, 15) is 5.11 Å². The Morgan fingerprint density at radius 3 is 2.67 bits per heavy atom. The monoisotopic (exact) mass is 204 g/mol. The highest BCUT2D eigenvalue weighted by atomic mass is 16.4. The van der Waals surface area contributed by atoms with Gasteiger partial charge in [-0.2, -0.15) is 0 Å². The lowest BCUT2D eigenvalue weighted by Crippen LogP contribution is -1.91. The smallest absolute Gasteiger partial charge is 0.137 e. The summed E-state index contributed by atoms with van der Waals surface area (Å²) in [6, 6.07) is 6.11. The Morgan fingerprint density at radius 1 is 1.27 bits per heavy atom. The Labute approximate surface area is 89.5 Å². The summed E-state index contributed by atoms with van der Waals surface area (Å²) >= 11 is 0. The predicted molar refractivity (Wildman–Crippen MR) is 60.9 cm³/mol. The van der Waals surface area contributed by atoms with Crippen molar-refractivity contribution in [1.82, 2.24) is 0 Å². The van der Waals surface area contributed by atoms with Crippen LogP contribution in [0.1, 0.15) is 36.3 Å². The summed E-state index contributed by atoms with van der Waals surface area (Å²) < 4.78 is 5.66. The van der Waals surface area contributed by atoms with Gasteiger partial charge in [-0.05, 0) is 38.0 Å². The topological polar surface area (TPSA) is 33.4 Å². The summed E-state index contributed by atoms with van der Waals surface area (Å²) in [6.07, 6.45) is 0.190. The van der Waals surface area contributed by atoms with E-state index in [-0.39, 0.29) is 0 Å². The maximum atomic E-state index is 9.70. The Kier molecular flexibility index (Phi) is 2.53. The van der Waals surface area contributed by atoms with Crippen molar-refractivity contribution >= 4 is 11.0 Å². The molecular formula is C13H16O2. The second-order valence-electron chi connectivity index (χ2n) is 4.07. The van der Waals surface area contributed by atoms with Crippen molar-refractivity contribution in [2.75, 3.05) is 0 Å². The molecule has 1 unspecified atom stereocenters. The van der Waals surface area contributed by atoms with E-state index in [1.807, 2.05) is 19.9 Å². The van der Waals surface area contributed by atoms with Crippen LogP contribution in [0.5, 0.6) is 0 Å². The number of fused-ring (bicyclic) bond motifs is 1. The van der Waals surface area contributed by atoms with E-state index in [4.69, 9.17) is 4.42 Å². The van der Waals surface area contributed by atoms with Crippen molar-refractivity contribution in [2.24, 2.45) is 0 Å². The molecule has 2 rings (SSSR count). The van der Waals surface area contributed by atoms with Crippen molar-refractivity contribution in [3.63, 3.8) is 0 Å². The van der Waals surface area contributed by atoms with E-state index in [1.165, 1.54) is 5.56 Å². The van der Waals surface area contributed by atoms with E-state index >= 15 is 0 Å². The minimum Gasteiger partial charge on any atom is -0.458 e. The first-order valence-corrected chi connectivity index (χ1v) is 5.30. The lowest BCUT2D eigenvalue weighted by atomic mass is 10.1. The maximum Gasteiger partial charge on any atom is 0.137 e. The zero-order valence-electron chi connectivity index (χ0n) is 9.37. The summed E-state index contributed by atoms with van der Waals surface area (Å²) in [5, 5.41) is 10.8. The minimum atomic E-state index is -0.489. The Hall–Kier alpha value is -1.28. The summed E-state index contributed by atoms with van der Waals surface area (Å²) in [5.41, 5.74) is 3.24. The van der Waals surface area contributed by atoms with Crippen LogP contribution in [0.15, 0.2) is 22.6 Å². The normalized spacial score (nSPS) is 13.3. The SMILES string of the molecule is CCC(O)c1cc2cc(C)cc(C)c2o1. The fraction of sp³-hybridized carbons (Fsp3) is 0.385. The molecule has 0 saturated carbocycles. The first kappa shape index (κ1) is 10.2. The van der Waals surface area contributed by atoms with E-state index in [2.05, 4.69) is 19.1 Å². The highest BCUT2D eigenvalue weighted by molar-refractivity contribution is 5.81. The molecule has 0 amide bonds. The molecule has 1 aromatic heterocycles. The lowest BCUT2D eigenvalue weighted by molar-refractivity contribution is 0.148. The van der Waals surface area contributed by atoms with Crippen LogP contribution in [0, 0.1) is 13.8 Å². The van der Waals surface area contributed by atoms with Crippen LogP contribution < -0.4 is 0 Å². The summed E-state index contributed by atoms with van der Waals surface area (Å²) in [6.45, 7) is 6.03. The lowest BCUT2D eigenvalue weighted by Gasteiger charge is -2.01. The van der Waals surface area contributed by atoms with Gasteiger partial charge in [0.2, 0.25) is 0 Å². The molecule has 1 N–H and O–H groups in total. The second kappa shape index (κ2) is 3.70. The van der Waals surface area contributed by atoms with Crippen molar-refractivity contribution < 1.29 is 9.52 Å². The molecule has 1 heterocycles. The standard InChI is InChI=1S/C13H16O2/c1-4-11(14)12-7-10-6-8(2)5-9(3)13(10)15-12/h5-7,11,14H,4H2,1-3H3. The van der Waals surface area contributed by atoms with Crippen molar-refractivity contribution in [2.45, 2.75) is 33.3 Å². The van der Waals surface area contributed by atoms with Gasteiger partial charge >= 0.3 is 0 Å². The van der Waals surface area contributed by atoms with Gasteiger partial charge in [0, 0.05) is 5.39 Å². The molecule has 80 valence electrons.